The van der Waals surface area contributed by atoms with Crippen LogP contribution < -0.4 is 10.6 Å². The van der Waals surface area contributed by atoms with Gasteiger partial charge >= 0.3 is 0 Å². The van der Waals surface area contributed by atoms with Crippen molar-refractivity contribution in [1.29, 1.82) is 0 Å². The molecule has 7 heteroatoms. The molecular formula is C21H24N4O3. The van der Waals surface area contributed by atoms with E-state index in [2.05, 4.69) is 15.6 Å². The second kappa shape index (κ2) is 8.65. The summed E-state index contributed by atoms with van der Waals surface area (Å²) in [5.74, 6) is -0.908. The molecule has 0 aliphatic heterocycles. The van der Waals surface area contributed by atoms with Crippen LogP contribution >= 0.6 is 0 Å². The van der Waals surface area contributed by atoms with Gasteiger partial charge in [0.25, 0.3) is 0 Å². The molecule has 0 bridgehead atoms. The van der Waals surface area contributed by atoms with Gasteiger partial charge in [0.05, 0.1) is 11.8 Å². The maximum absolute atomic E-state index is 12.6. The van der Waals surface area contributed by atoms with E-state index in [0.29, 0.717) is 24.3 Å². The summed E-state index contributed by atoms with van der Waals surface area (Å²) in [4.78, 5) is 41.8. The second-order valence-corrected chi connectivity index (χ2v) is 7.07. The summed E-state index contributed by atoms with van der Waals surface area (Å²) >= 11 is 0. The van der Waals surface area contributed by atoms with Crippen LogP contribution in [0.1, 0.15) is 18.9 Å². The first kappa shape index (κ1) is 19.5. The lowest BCUT2D eigenvalue weighted by molar-refractivity contribution is -0.132. The zero-order chi connectivity index (χ0) is 20.1. The van der Waals surface area contributed by atoms with Crippen molar-refractivity contribution in [1.82, 2.24) is 9.88 Å². The van der Waals surface area contributed by atoms with Gasteiger partial charge in [-0.2, -0.15) is 0 Å². The summed E-state index contributed by atoms with van der Waals surface area (Å²) in [5.41, 5.74) is 2.34. The van der Waals surface area contributed by atoms with E-state index in [0.717, 1.165) is 12.0 Å². The first-order valence-corrected chi connectivity index (χ1v) is 9.26. The average Bonchev–Trinajstić information content (AvgIpc) is 3.47. The fraction of sp³-hybridized carbons (Fsp3) is 0.333. The molecule has 3 amide bonds. The van der Waals surface area contributed by atoms with Gasteiger partial charge in [-0.3, -0.25) is 19.4 Å². The molecule has 1 aromatic carbocycles. The molecule has 0 radical (unpaired) electrons. The minimum absolute atomic E-state index is 0.00111. The number of benzene rings is 1. The normalized spacial score (nSPS) is 17.5. The quantitative estimate of drug-likeness (QED) is 0.771. The van der Waals surface area contributed by atoms with Crippen molar-refractivity contribution < 1.29 is 14.4 Å². The van der Waals surface area contributed by atoms with Crippen LogP contribution in [0.25, 0.3) is 0 Å². The van der Waals surface area contributed by atoms with Gasteiger partial charge in [0.1, 0.15) is 0 Å². The van der Waals surface area contributed by atoms with E-state index in [1.807, 2.05) is 12.1 Å². The first-order valence-electron chi connectivity index (χ1n) is 9.26. The highest BCUT2D eigenvalue weighted by Crippen LogP contribution is 2.40. The summed E-state index contributed by atoms with van der Waals surface area (Å²) < 4.78 is 0. The molecule has 2 unspecified atom stereocenters. The Morgan fingerprint density at radius 1 is 1.07 bits per heavy atom. The predicted octanol–water partition coefficient (Wildman–Crippen LogP) is 2.32. The predicted molar refractivity (Wildman–Crippen MR) is 107 cm³/mol. The molecule has 1 aliphatic rings. The fourth-order valence-electron chi connectivity index (χ4n) is 3.11. The van der Waals surface area contributed by atoms with Crippen LogP contribution in [0.5, 0.6) is 0 Å². The van der Waals surface area contributed by atoms with E-state index in [4.69, 9.17) is 0 Å². The summed E-state index contributed by atoms with van der Waals surface area (Å²) in [7, 11) is 1.77. The van der Waals surface area contributed by atoms with Gasteiger partial charge < -0.3 is 15.5 Å². The van der Waals surface area contributed by atoms with Crippen LogP contribution in [0.3, 0.4) is 0 Å². The Labute approximate surface area is 164 Å². The highest BCUT2D eigenvalue weighted by molar-refractivity contribution is 6.00. The van der Waals surface area contributed by atoms with Crippen LogP contribution in [0.2, 0.25) is 0 Å². The zero-order valence-corrected chi connectivity index (χ0v) is 16.0. The number of anilines is 2. The number of hydrogen-bond acceptors (Lipinski definition) is 4. The van der Waals surface area contributed by atoms with Crippen molar-refractivity contribution in [3.8, 4) is 0 Å². The lowest BCUT2D eigenvalue weighted by Crippen LogP contribution is -2.31. The standard InChI is InChI=1S/C21H24N4O3/c1-14(26)23-16-4-3-5-17(12-16)24-20(27)18-13-19(18)21(28)25(2)11-8-15-6-9-22-10-7-15/h3-7,9-10,12,18-19H,8,11,13H2,1-2H3,(H,23,26)(H,24,27). The number of nitrogens with zero attached hydrogens (tertiary/aromatic N) is 2. The first-order chi connectivity index (χ1) is 13.4. The van der Waals surface area contributed by atoms with E-state index in [9.17, 15) is 14.4 Å². The lowest BCUT2D eigenvalue weighted by Gasteiger charge is -2.17. The molecule has 7 nitrogen and oxygen atoms in total. The number of amides is 3. The third kappa shape index (κ3) is 5.16. The topological polar surface area (TPSA) is 91.4 Å². The molecule has 0 spiro atoms. The monoisotopic (exact) mass is 380 g/mol. The molecule has 0 saturated heterocycles. The summed E-state index contributed by atoms with van der Waals surface area (Å²) in [6.45, 7) is 2.03. The van der Waals surface area contributed by atoms with E-state index in [-0.39, 0.29) is 29.6 Å². The molecule has 3 rings (SSSR count). The largest absolute Gasteiger partial charge is 0.345 e. The number of carbonyl (C=O) groups is 3. The van der Waals surface area contributed by atoms with Gasteiger partial charge in [0, 0.05) is 44.3 Å². The van der Waals surface area contributed by atoms with E-state index < -0.39 is 0 Å². The Morgan fingerprint density at radius 3 is 2.43 bits per heavy atom. The number of pyridine rings is 1. The minimum Gasteiger partial charge on any atom is -0.345 e. The SMILES string of the molecule is CC(=O)Nc1cccc(NC(=O)C2CC2C(=O)N(C)CCc2ccncc2)c1. The lowest BCUT2D eigenvalue weighted by atomic mass is 10.2. The number of nitrogens with one attached hydrogen (secondary N) is 2. The highest BCUT2D eigenvalue weighted by atomic mass is 16.2. The fourth-order valence-corrected chi connectivity index (χ4v) is 3.11. The Hall–Kier alpha value is -3.22. The van der Waals surface area contributed by atoms with Crippen molar-refractivity contribution >= 4 is 29.1 Å². The van der Waals surface area contributed by atoms with E-state index >= 15 is 0 Å². The number of hydrogen-bond donors (Lipinski definition) is 2. The van der Waals surface area contributed by atoms with E-state index in [1.54, 1.807) is 48.6 Å². The Bertz CT molecular complexity index is 869. The van der Waals surface area contributed by atoms with E-state index in [1.165, 1.54) is 6.92 Å². The molecule has 2 N–H and O–H groups in total. The van der Waals surface area contributed by atoms with Crippen LogP contribution in [0, 0.1) is 11.8 Å². The molecule has 2 aromatic rings. The number of likely N-dealkylation sites (N-methyl/N-ethyl adjacent to an activating group) is 1. The van der Waals surface area contributed by atoms with Crippen LogP contribution in [-0.4, -0.2) is 41.2 Å². The number of carbonyl (C=O) groups excluding carboxylic acids is 3. The molecule has 1 saturated carbocycles. The van der Waals surface area contributed by atoms with Crippen molar-refractivity contribution in [2.75, 3.05) is 24.2 Å². The molecule has 1 fully saturated rings. The highest BCUT2D eigenvalue weighted by Gasteiger charge is 2.49. The third-order valence-corrected chi connectivity index (χ3v) is 4.76. The number of rotatable bonds is 7. The van der Waals surface area contributed by atoms with Gasteiger partial charge in [0.2, 0.25) is 17.7 Å². The average molecular weight is 380 g/mol. The summed E-state index contributed by atoms with van der Waals surface area (Å²) in [5, 5.41) is 5.51. The Balaban J connectivity index is 1.49. The van der Waals surface area contributed by atoms with Crippen molar-refractivity contribution in [3.05, 3.63) is 54.4 Å². The van der Waals surface area contributed by atoms with Gasteiger partial charge in [0.15, 0.2) is 0 Å². The van der Waals surface area contributed by atoms with Crippen LogP contribution in [-0.2, 0) is 20.8 Å². The van der Waals surface area contributed by atoms with Gasteiger partial charge in [-0.15, -0.1) is 0 Å². The Morgan fingerprint density at radius 2 is 1.75 bits per heavy atom. The molecular weight excluding hydrogens is 356 g/mol. The maximum Gasteiger partial charge on any atom is 0.228 e. The van der Waals surface area contributed by atoms with Crippen LogP contribution in [0.4, 0.5) is 11.4 Å². The maximum atomic E-state index is 12.6. The Kier molecular flexibility index (Phi) is 6.03. The molecule has 28 heavy (non-hydrogen) atoms. The van der Waals surface area contributed by atoms with Gasteiger partial charge in [-0.25, -0.2) is 0 Å². The van der Waals surface area contributed by atoms with Crippen molar-refractivity contribution in [2.24, 2.45) is 11.8 Å². The summed E-state index contributed by atoms with van der Waals surface area (Å²) in [6, 6.07) is 10.8. The molecule has 1 heterocycles. The molecule has 1 aliphatic carbocycles. The van der Waals surface area contributed by atoms with Gasteiger partial charge in [-0.1, -0.05) is 6.07 Å². The zero-order valence-electron chi connectivity index (χ0n) is 16.0. The second-order valence-electron chi connectivity index (χ2n) is 7.07. The van der Waals surface area contributed by atoms with Gasteiger partial charge in [-0.05, 0) is 48.7 Å². The minimum atomic E-state index is -0.305. The smallest absolute Gasteiger partial charge is 0.228 e. The number of aromatic nitrogens is 1. The van der Waals surface area contributed by atoms with Crippen molar-refractivity contribution in [2.45, 2.75) is 19.8 Å². The molecule has 2 atom stereocenters. The van der Waals surface area contributed by atoms with Crippen molar-refractivity contribution in [3.63, 3.8) is 0 Å². The molecule has 1 aromatic heterocycles. The third-order valence-electron chi connectivity index (χ3n) is 4.76. The van der Waals surface area contributed by atoms with Crippen LogP contribution in [0.15, 0.2) is 48.8 Å². The summed E-state index contributed by atoms with van der Waals surface area (Å²) in [6.07, 6.45) is 4.79. The molecule has 146 valence electrons.